The van der Waals surface area contributed by atoms with Crippen LogP contribution >= 0.6 is 22.6 Å². The van der Waals surface area contributed by atoms with Gasteiger partial charge in [-0.1, -0.05) is 12.1 Å². The van der Waals surface area contributed by atoms with Crippen LogP contribution in [0.25, 0.3) is 11.1 Å². The molecule has 0 saturated carbocycles. The number of aromatic nitrogens is 1. The molecule has 2 aromatic rings. The normalized spacial score (nSPS) is 12.5. The zero-order chi connectivity index (χ0) is 15.8. The molecule has 8 heteroatoms. The van der Waals surface area contributed by atoms with Gasteiger partial charge in [0.2, 0.25) is 0 Å². The van der Waals surface area contributed by atoms with Gasteiger partial charge in [-0.05, 0) is 46.4 Å². The first-order valence-corrected chi connectivity index (χ1v) is 6.58. The molecule has 0 bridgehead atoms. The Morgan fingerprint density at radius 3 is 2.14 bits per heavy atom. The molecule has 0 fully saturated rings. The van der Waals surface area contributed by atoms with Crippen LogP contribution < -0.4 is 0 Å². The van der Waals surface area contributed by atoms with Gasteiger partial charge >= 0.3 is 12.4 Å². The van der Waals surface area contributed by atoms with Crippen LogP contribution in [-0.2, 0) is 12.4 Å². The molecule has 0 aliphatic heterocycles. The van der Waals surface area contributed by atoms with Gasteiger partial charge in [0.05, 0.1) is 11.1 Å². The van der Waals surface area contributed by atoms with Crippen LogP contribution in [0.3, 0.4) is 0 Å². The summed E-state index contributed by atoms with van der Waals surface area (Å²) in [6, 6.07) is 4.51. The molecular weight excluding hydrogens is 411 g/mol. The van der Waals surface area contributed by atoms with E-state index in [0.29, 0.717) is 6.07 Å². The summed E-state index contributed by atoms with van der Waals surface area (Å²) in [6.07, 6.45) is -8.32. The van der Waals surface area contributed by atoms with Gasteiger partial charge in [0, 0.05) is 11.8 Å². The largest absolute Gasteiger partial charge is 0.417 e. The van der Waals surface area contributed by atoms with Gasteiger partial charge in [-0.25, -0.2) is 4.98 Å². The van der Waals surface area contributed by atoms with Crippen molar-refractivity contribution in [1.82, 2.24) is 4.98 Å². The molecule has 0 unspecified atom stereocenters. The van der Waals surface area contributed by atoms with Crippen LogP contribution in [0, 0.1) is 3.70 Å². The van der Waals surface area contributed by atoms with Gasteiger partial charge in [-0.3, -0.25) is 0 Å². The van der Waals surface area contributed by atoms with Crippen molar-refractivity contribution < 1.29 is 26.3 Å². The van der Waals surface area contributed by atoms with Gasteiger partial charge in [0.1, 0.15) is 3.70 Å². The SMILES string of the molecule is FC(F)(F)c1cccc(-c2c(C(F)(F)F)ccnc2I)c1. The third-order valence-corrected chi connectivity index (χ3v) is 3.51. The average Bonchev–Trinajstić information content (AvgIpc) is 2.36. The zero-order valence-corrected chi connectivity index (χ0v) is 12.2. The number of rotatable bonds is 1. The Morgan fingerprint density at radius 1 is 0.905 bits per heavy atom. The molecule has 0 atom stereocenters. The number of benzene rings is 1. The van der Waals surface area contributed by atoms with Crippen LogP contribution in [0.1, 0.15) is 11.1 Å². The van der Waals surface area contributed by atoms with Crippen LogP contribution in [-0.4, -0.2) is 4.98 Å². The van der Waals surface area contributed by atoms with Gasteiger partial charge in [0.25, 0.3) is 0 Å². The molecule has 1 aromatic carbocycles. The lowest BCUT2D eigenvalue weighted by Gasteiger charge is -2.15. The van der Waals surface area contributed by atoms with Crippen molar-refractivity contribution in [2.24, 2.45) is 0 Å². The second-order valence-corrected chi connectivity index (χ2v) is 5.12. The highest BCUT2D eigenvalue weighted by atomic mass is 127. The van der Waals surface area contributed by atoms with Gasteiger partial charge < -0.3 is 0 Å². The van der Waals surface area contributed by atoms with Crippen molar-refractivity contribution in [1.29, 1.82) is 0 Å². The van der Waals surface area contributed by atoms with E-state index < -0.39 is 23.5 Å². The summed E-state index contributed by atoms with van der Waals surface area (Å²) >= 11 is 1.57. The second kappa shape index (κ2) is 5.47. The van der Waals surface area contributed by atoms with Crippen LogP contribution in [0.2, 0.25) is 0 Å². The fraction of sp³-hybridized carbons (Fsp3) is 0.154. The van der Waals surface area contributed by atoms with Crippen LogP contribution in [0.5, 0.6) is 0 Å². The molecule has 1 aromatic heterocycles. The van der Waals surface area contributed by atoms with E-state index in [2.05, 4.69) is 4.98 Å². The summed E-state index contributed by atoms with van der Waals surface area (Å²) in [5, 5.41) is 0. The Labute approximate surface area is 129 Å². The first-order valence-electron chi connectivity index (χ1n) is 5.50. The molecule has 0 radical (unpaired) electrons. The number of alkyl halides is 6. The lowest BCUT2D eigenvalue weighted by Crippen LogP contribution is -2.10. The molecule has 0 aliphatic rings. The number of halogens is 7. The lowest BCUT2D eigenvalue weighted by atomic mass is 10.00. The minimum atomic E-state index is -4.67. The molecule has 0 saturated heterocycles. The predicted octanol–water partition coefficient (Wildman–Crippen LogP) is 5.39. The summed E-state index contributed by atoms with van der Waals surface area (Å²) in [5.74, 6) is 0. The fourth-order valence-corrected chi connectivity index (χ4v) is 2.56. The van der Waals surface area contributed by atoms with Gasteiger partial charge in [-0.15, -0.1) is 0 Å². The summed E-state index contributed by atoms with van der Waals surface area (Å²) in [7, 11) is 0. The average molecular weight is 417 g/mol. The van der Waals surface area contributed by atoms with Gasteiger partial charge in [-0.2, -0.15) is 26.3 Å². The quantitative estimate of drug-likeness (QED) is 0.345. The summed E-state index contributed by atoms with van der Waals surface area (Å²) in [5.41, 5.74) is -2.54. The lowest BCUT2D eigenvalue weighted by molar-refractivity contribution is -0.137. The maximum absolute atomic E-state index is 13.0. The van der Waals surface area contributed by atoms with Crippen LogP contribution in [0.15, 0.2) is 36.5 Å². The number of hydrogen-bond acceptors (Lipinski definition) is 1. The fourth-order valence-electron chi connectivity index (χ4n) is 1.80. The zero-order valence-electron chi connectivity index (χ0n) is 10.1. The first-order chi connectivity index (χ1) is 9.60. The van der Waals surface area contributed by atoms with E-state index in [4.69, 9.17) is 0 Å². The Morgan fingerprint density at radius 2 is 1.57 bits per heavy atom. The van der Waals surface area contributed by atoms with Crippen molar-refractivity contribution in [3.63, 3.8) is 0 Å². The molecule has 112 valence electrons. The van der Waals surface area contributed by atoms with Crippen molar-refractivity contribution in [3.8, 4) is 11.1 Å². The minimum absolute atomic E-state index is 0.0123. The minimum Gasteiger partial charge on any atom is -0.250 e. The third-order valence-electron chi connectivity index (χ3n) is 2.69. The summed E-state index contributed by atoms with van der Waals surface area (Å²) in [6.45, 7) is 0. The molecule has 21 heavy (non-hydrogen) atoms. The maximum atomic E-state index is 13.0. The van der Waals surface area contributed by atoms with E-state index in [1.54, 1.807) is 22.6 Å². The molecule has 2 rings (SSSR count). The van der Waals surface area contributed by atoms with E-state index in [1.165, 1.54) is 6.07 Å². The maximum Gasteiger partial charge on any atom is 0.417 e. The summed E-state index contributed by atoms with van der Waals surface area (Å²) < 4.78 is 77.0. The van der Waals surface area contributed by atoms with Crippen molar-refractivity contribution >= 4 is 22.6 Å². The van der Waals surface area contributed by atoms with E-state index >= 15 is 0 Å². The van der Waals surface area contributed by atoms with Crippen LogP contribution in [0.4, 0.5) is 26.3 Å². The second-order valence-electron chi connectivity index (χ2n) is 4.10. The number of hydrogen-bond donors (Lipinski definition) is 0. The molecule has 1 heterocycles. The highest BCUT2D eigenvalue weighted by Crippen LogP contribution is 2.40. The van der Waals surface area contributed by atoms with E-state index in [9.17, 15) is 26.3 Å². The number of pyridine rings is 1. The topological polar surface area (TPSA) is 12.9 Å². The Hall–Kier alpha value is -1.32. The Balaban J connectivity index is 2.68. The van der Waals surface area contributed by atoms with E-state index in [0.717, 1.165) is 24.4 Å². The molecule has 0 N–H and O–H groups in total. The molecule has 1 nitrogen and oxygen atoms in total. The van der Waals surface area contributed by atoms with Crippen molar-refractivity contribution in [2.45, 2.75) is 12.4 Å². The van der Waals surface area contributed by atoms with Crippen molar-refractivity contribution in [2.75, 3.05) is 0 Å². The summed E-state index contributed by atoms with van der Waals surface area (Å²) in [4.78, 5) is 3.73. The Kier molecular flexibility index (Phi) is 4.18. The van der Waals surface area contributed by atoms with Crippen molar-refractivity contribution in [3.05, 3.63) is 51.4 Å². The monoisotopic (exact) mass is 417 g/mol. The van der Waals surface area contributed by atoms with Gasteiger partial charge in [0.15, 0.2) is 0 Å². The molecule has 0 amide bonds. The third kappa shape index (κ3) is 3.47. The van der Waals surface area contributed by atoms with E-state index in [1.807, 2.05) is 0 Å². The first kappa shape index (κ1) is 16.1. The number of nitrogens with zero attached hydrogens (tertiary/aromatic N) is 1. The molecule has 0 spiro atoms. The molecular formula is C13H6F6IN. The van der Waals surface area contributed by atoms with E-state index in [-0.39, 0.29) is 14.8 Å². The predicted molar refractivity (Wildman–Crippen MR) is 72.4 cm³/mol. The Bertz CT molecular complexity index is 662. The highest BCUT2D eigenvalue weighted by molar-refractivity contribution is 14.1. The standard InChI is InChI=1S/C13H6F6IN/c14-12(15,16)8-3-1-2-7(6-8)10-9(13(17,18)19)4-5-21-11(10)20/h1-6H. The highest BCUT2D eigenvalue weighted by Gasteiger charge is 2.36. The smallest absolute Gasteiger partial charge is 0.250 e. The molecule has 0 aliphatic carbocycles.